The summed E-state index contributed by atoms with van der Waals surface area (Å²) in [6.07, 6.45) is 0.625. The summed E-state index contributed by atoms with van der Waals surface area (Å²) in [5.74, 6) is 0.0406. The highest BCUT2D eigenvalue weighted by Crippen LogP contribution is 2.06. The van der Waals surface area contributed by atoms with E-state index >= 15 is 0 Å². The van der Waals surface area contributed by atoms with Gasteiger partial charge < -0.3 is 0 Å². The second-order valence-corrected chi connectivity index (χ2v) is 2.87. The van der Waals surface area contributed by atoms with Crippen molar-refractivity contribution < 1.29 is 4.79 Å². The first-order chi connectivity index (χ1) is 6.24. The lowest BCUT2D eigenvalue weighted by Gasteiger charge is -1.99. The Bertz CT molecular complexity index is 343. The second kappa shape index (κ2) is 4.44. The van der Waals surface area contributed by atoms with E-state index in [0.29, 0.717) is 12.0 Å². The van der Waals surface area contributed by atoms with Gasteiger partial charge in [-0.2, -0.15) is 0 Å². The largest absolute Gasteiger partial charge is 0.294 e. The number of ketones is 1. The summed E-state index contributed by atoms with van der Waals surface area (Å²) in [7, 11) is 0. The van der Waals surface area contributed by atoms with E-state index in [0.717, 1.165) is 5.56 Å². The molecule has 0 bridgehead atoms. The second-order valence-electron chi connectivity index (χ2n) is 2.87. The molecule has 0 radical (unpaired) electrons. The minimum Gasteiger partial charge on any atom is -0.294 e. The molecule has 0 aromatic heterocycles. The molecule has 0 fully saturated rings. The molecule has 0 saturated heterocycles. The number of hydrogen-bond acceptors (Lipinski definition) is 1. The van der Waals surface area contributed by atoms with Crippen LogP contribution in [0.3, 0.4) is 0 Å². The quantitative estimate of drug-likeness (QED) is 0.505. The van der Waals surface area contributed by atoms with E-state index in [-0.39, 0.29) is 5.78 Å². The highest BCUT2D eigenvalue weighted by atomic mass is 16.1. The molecule has 1 nitrogen and oxygen atoms in total. The highest BCUT2D eigenvalue weighted by Gasteiger charge is 2.02. The summed E-state index contributed by atoms with van der Waals surface area (Å²) in [4.78, 5) is 11.0. The third-order valence-corrected chi connectivity index (χ3v) is 1.86. The van der Waals surface area contributed by atoms with Gasteiger partial charge in [-0.05, 0) is 12.5 Å². The van der Waals surface area contributed by atoms with E-state index < -0.39 is 0 Å². The van der Waals surface area contributed by atoms with Crippen molar-refractivity contribution in [2.45, 2.75) is 13.3 Å². The molecule has 0 spiro atoms. The van der Waals surface area contributed by atoms with Crippen LogP contribution in [0, 0.1) is 0 Å². The van der Waals surface area contributed by atoms with Crippen molar-refractivity contribution in [3.05, 3.63) is 53.8 Å². The van der Waals surface area contributed by atoms with Crippen molar-refractivity contribution in [2.24, 2.45) is 0 Å². The normalized spacial score (nSPS) is 9.00. The number of carbonyl (C=O) groups excluding carboxylic acids is 1. The molecule has 1 rings (SSSR count). The Morgan fingerprint density at radius 1 is 1.38 bits per heavy atom. The van der Waals surface area contributed by atoms with Crippen LogP contribution in [0.4, 0.5) is 0 Å². The van der Waals surface area contributed by atoms with Crippen molar-refractivity contribution in [3.63, 3.8) is 0 Å². The maximum Gasteiger partial charge on any atom is 0.163 e. The molecule has 0 aliphatic carbocycles. The van der Waals surface area contributed by atoms with Crippen LogP contribution in [0.2, 0.25) is 0 Å². The van der Waals surface area contributed by atoms with Gasteiger partial charge in [0.25, 0.3) is 0 Å². The Balaban J connectivity index is 2.80. The molecular formula is C12H12O. The predicted octanol–water partition coefficient (Wildman–Crippen LogP) is 2.53. The first kappa shape index (κ1) is 9.50. The van der Waals surface area contributed by atoms with Crippen LogP contribution in [0.5, 0.6) is 0 Å². The smallest absolute Gasteiger partial charge is 0.163 e. The Hall–Kier alpha value is -1.59. The van der Waals surface area contributed by atoms with E-state index in [1.54, 1.807) is 0 Å². The van der Waals surface area contributed by atoms with Gasteiger partial charge in [-0.3, -0.25) is 4.79 Å². The van der Waals surface area contributed by atoms with E-state index in [4.69, 9.17) is 0 Å². The highest BCUT2D eigenvalue weighted by molar-refractivity contribution is 5.93. The fourth-order valence-electron chi connectivity index (χ4n) is 1.11. The van der Waals surface area contributed by atoms with Crippen molar-refractivity contribution in [1.29, 1.82) is 0 Å². The van der Waals surface area contributed by atoms with Gasteiger partial charge in [-0.1, -0.05) is 36.9 Å². The van der Waals surface area contributed by atoms with Gasteiger partial charge in [-0.25, -0.2) is 0 Å². The Morgan fingerprint density at radius 2 is 2.00 bits per heavy atom. The zero-order valence-corrected chi connectivity index (χ0v) is 7.71. The molecule has 0 saturated carbocycles. The molecule has 1 heteroatoms. The van der Waals surface area contributed by atoms with E-state index in [2.05, 4.69) is 12.3 Å². The molecule has 0 N–H and O–H groups in total. The maximum atomic E-state index is 11.0. The molecule has 0 amide bonds. The monoisotopic (exact) mass is 172 g/mol. The summed E-state index contributed by atoms with van der Waals surface area (Å²) < 4.78 is 0. The zero-order valence-electron chi connectivity index (χ0n) is 7.71. The third kappa shape index (κ3) is 2.73. The average Bonchev–Trinajstić information content (AvgIpc) is 2.15. The summed E-state index contributed by atoms with van der Waals surface area (Å²) in [6.45, 7) is 5.03. The fourth-order valence-corrected chi connectivity index (χ4v) is 1.11. The predicted molar refractivity (Wildman–Crippen MR) is 53.5 cm³/mol. The average molecular weight is 172 g/mol. The van der Waals surface area contributed by atoms with Crippen LogP contribution in [0.1, 0.15) is 12.5 Å². The van der Waals surface area contributed by atoms with Crippen LogP contribution in [-0.4, -0.2) is 5.78 Å². The minimum absolute atomic E-state index is 0.0406. The van der Waals surface area contributed by atoms with E-state index in [9.17, 15) is 4.79 Å². The number of hydrogen-bond donors (Lipinski definition) is 0. The summed E-state index contributed by atoms with van der Waals surface area (Å²) in [5.41, 5.74) is 4.43. The molecule has 66 valence electrons. The molecule has 1 aromatic carbocycles. The van der Waals surface area contributed by atoms with Gasteiger partial charge in [0.1, 0.15) is 0 Å². The van der Waals surface area contributed by atoms with Gasteiger partial charge in [0.2, 0.25) is 0 Å². The Morgan fingerprint density at radius 3 is 2.46 bits per heavy atom. The van der Waals surface area contributed by atoms with Crippen LogP contribution in [0.15, 0.2) is 48.2 Å². The van der Waals surface area contributed by atoms with E-state index in [1.807, 2.05) is 30.3 Å². The lowest BCUT2D eigenvalue weighted by Crippen LogP contribution is -1.98. The van der Waals surface area contributed by atoms with Gasteiger partial charge in [-0.15, -0.1) is 5.73 Å². The number of benzene rings is 1. The van der Waals surface area contributed by atoms with Crippen molar-refractivity contribution in [3.8, 4) is 0 Å². The molecule has 0 aliphatic rings. The Kier molecular flexibility index (Phi) is 3.24. The summed E-state index contributed by atoms with van der Waals surface area (Å²) in [6, 6.07) is 9.83. The lowest BCUT2D eigenvalue weighted by molar-refractivity contribution is -0.113. The number of Topliss-reactive ketones (excluding diaryl/α,β-unsaturated/α-hetero) is 1. The van der Waals surface area contributed by atoms with Gasteiger partial charge in [0.05, 0.1) is 0 Å². The Labute approximate surface area is 78.4 Å². The molecule has 1 aromatic rings. The van der Waals surface area contributed by atoms with Gasteiger partial charge in [0, 0.05) is 12.0 Å². The number of allylic oxidation sites excluding steroid dienone is 1. The number of carbonyl (C=O) groups is 1. The van der Waals surface area contributed by atoms with Crippen molar-refractivity contribution in [1.82, 2.24) is 0 Å². The first-order valence-corrected chi connectivity index (χ1v) is 4.18. The standard InChI is InChI=1S/C12H12O/c1-3-12(10(2)13)9-11-7-5-4-6-8-11/h4-8H,1,9H2,2H3. The molecule has 0 unspecified atom stereocenters. The molecule has 13 heavy (non-hydrogen) atoms. The van der Waals surface area contributed by atoms with Crippen LogP contribution in [-0.2, 0) is 11.2 Å². The van der Waals surface area contributed by atoms with Crippen LogP contribution < -0.4 is 0 Å². The van der Waals surface area contributed by atoms with E-state index in [1.165, 1.54) is 6.92 Å². The topological polar surface area (TPSA) is 17.1 Å². The summed E-state index contributed by atoms with van der Waals surface area (Å²) in [5, 5.41) is 0. The van der Waals surface area contributed by atoms with Crippen LogP contribution >= 0.6 is 0 Å². The third-order valence-electron chi connectivity index (χ3n) is 1.86. The first-order valence-electron chi connectivity index (χ1n) is 4.18. The number of rotatable bonds is 3. The van der Waals surface area contributed by atoms with Crippen LogP contribution in [0.25, 0.3) is 0 Å². The molecule has 0 heterocycles. The maximum absolute atomic E-state index is 11.0. The summed E-state index contributed by atoms with van der Waals surface area (Å²) >= 11 is 0. The zero-order chi connectivity index (χ0) is 9.68. The lowest BCUT2D eigenvalue weighted by atomic mass is 10.0. The fraction of sp³-hybridized carbons (Fsp3) is 0.167. The SMILES string of the molecule is C=C=C(Cc1ccccc1)C(C)=O. The molecular weight excluding hydrogens is 160 g/mol. The minimum atomic E-state index is 0.0406. The molecule has 0 atom stereocenters. The molecule has 0 aliphatic heterocycles. The van der Waals surface area contributed by atoms with Crippen molar-refractivity contribution in [2.75, 3.05) is 0 Å². The van der Waals surface area contributed by atoms with Crippen molar-refractivity contribution >= 4 is 5.78 Å². The van der Waals surface area contributed by atoms with Gasteiger partial charge >= 0.3 is 0 Å². The van der Waals surface area contributed by atoms with Gasteiger partial charge in [0.15, 0.2) is 5.78 Å².